The minimum atomic E-state index is -0.559. The molecule has 0 heterocycles. The minimum Gasteiger partial charge on any atom is -0.372 e. The summed E-state index contributed by atoms with van der Waals surface area (Å²) in [5, 5.41) is 2.84. The summed E-state index contributed by atoms with van der Waals surface area (Å²) in [5.41, 5.74) is 7.53. The summed E-state index contributed by atoms with van der Waals surface area (Å²) in [6, 6.07) is 15.8. The maximum Gasteiger partial charge on any atom is 0.237 e. The molecule has 0 aliphatic heterocycles. The van der Waals surface area contributed by atoms with Crippen LogP contribution >= 0.6 is 0 Å². The van der Waals surface area contributed by atoms with Gasteiger partial charge in [-0.3, -0.25) is 4.79 Å². The van der Waals surface area contributed by atoms with E-state index in [0.717, 1.165) is 5.56 Å². The number of halogens is 1. The predicted molar refractivity (Wildman–Crippen MR) is 95.4 cm³/mol. The highest BCUT2D eigenvalue weighted by molar-refractivity contribution is 5.81. The van der Waals surface area contributed by atoms with Crippen molar-refractivity contribution in [3.63, 3.8) is 0 Å². The summed E-state index contributed by atoms with van der Waals surface area (Å²) < 4.78 is 13.7. The Bertz CT molecular complexity index is 648. The largest absolute Gasteiger partial charge is 0.372 e. The molecule has 0 saturated heterocycles. The molecule has 3 N–H and O–H groups in total. The molecule has 0 fully saturated rings. The molecular weight excluding hydrogens is 305 g/mol. The number of nitrogens with zero attached hydrogens (tertiary/aromatic N) is 1. The van der Waals surface area contributed by atoms with E-state index in [1.165, 1.54) is 6.07 Å². The van der Waals surface area contributed by atoms with Crippen LogP contribution in [0, 0.1) is 5.82 Å². The number of hydrogen-bond donors (Lipinski definition) is 2. The summed E-state index contributed by atoms with van der Waals surface area (Å²) >= 11 is 0. The number of hydrogen-bond acceptors (Lipinski definition) is 3. The van der Waals surface area contributed by atoms with E-state index in [0.29, 0.717) is 31.6 Å². The zero-order valence-corrected chi connectivity index (χ0v) is 13.9. The van der Waals surface area contributed by atoms with Crippen molar-refractivity contribution in [2.45, 2.75) is 18.9 Å². The lowest BCUT2D eigenvalue weighted by atomic mass is 10.1. The van der Waals surface area contributed by atoms with Crippen LogP contribution in [0.5, 0.6) is 0 Å². The van der Waals surface area contributed by atoms with E-state index in [-0.39, 0.29) is 11.7 Å². The van der Waals surface area contributed by atoms with Crippen LogP contribution in [0.3, 0.4) is 0 Å². The molecule has 0 bridgehead atoms. The molecule has 0 spiro atoms. The van der Waals surface area contributed by atoms with Gasteiger partial charge < -0.3 is 16.0 Å². The van der Waals surface area contributed by atoms with Gasteiger partial charge in [0, 0.05) is 20.1 Å². The summed E-state index contributed by atoms with van der Waals surface area (Å²) in [6.07, 6.45) is 1.23. The second-order valence-corrected chi connectivity index (χ2v) is 5.81. The second-order valence-electron chi connectivity index (χ2n) is 5.81. The standard InChI is InChI=1S/C19H24FN3O/c1-23(18-11-6-5-10-16(18)20)13-7-12-22-19(24)17(21)14-15-8-3-2-4-9-15/h2-6,8-11,17H,7,12-14,21H2,1H3,(H,22,24). The molecule has 1 atom stereocenters. The van der Waals surface area contributed by atoms with Crippen molar-refractivity contribution in [3.05, 3.63) is 66.0 Å². The van der Waals surface area contributed by atoms with Gasteiger partial charge in [0.2, 0.25) is 5.91 Å². The van der Waals surface area contributed by atoms with Crippen LogP contribution in [0.25, 0.3) is 0 Å². The summed E-state index contributed by atoms with van der Waals surface area (Å²) in [4.78, 5) is 13.8. The van der Waals surface area contributed by atoms with Crippen LogP contribution in [0.4, 0.5) is 10.1 Å². The van der Waals surface area contributed by atoms with E-state index in [9.17, 15) is 9.18 Å². The first-order valence-electron chi connectivity index (χ1n) is 8.11. The molecule has 24 heavy (non-hydrogen) atoms. The summed E-state index contributed by atoms with van der Waals surface area (Å²) in [7, 11) is 1.83. The molecule has 128 valence electrons. The van der Waals surface area contributed by atoms with Gasteiger partial charge in [-0.1, -0.05) is 42.5 Å². The Balaban J connectivity index is 1.70. The zero-order chi connectivity index (χ0) is 17.4. The number of amides is 1. The molecule has 0 aliphatic carbocycles. The van der Waals surface area contributed by atoms with Crippen molar-refractivity contribution in [3.8, 4) is 0 Å². The van der Waals surface area contributed by atoms with Gasteiger partial charge in [0.15, 0.2) is 0 Å². The SMILES string of the molecule is CN(CCCNC(=O)C(N)Cc1ccccc1)c1ccccc1F. The normalized spacial score (nSPS) is 11.8. The Morgan fingerprint density at radius 3 is 2.54 bits per heavy atom. The Morgan fingerprint density at radius 1 is 1.17 bits per heavy atom. The number of carbonyl (C=O) groups excluding carboxylic acids is 1. The molecule has 2 aromatic carbocycles. The Kier molecular flexibility index (Phi) is 6.75. The quantitative estimate of drug-likeness (QED) is 0.731. The molecule has 1 amide bonds. The maximum atomic E-state index is 13.7. The number of benzene rings is 2. The predicted octanol–water partition coefficient (Wildman–Crippen LogP) is 2.34. The molecular formula is C19H24FN3O. The maximum absolute atomic E-state index is 13.7. The average Bonchev–Trinajstić information content (AvgIpc) is 2.59. The third-order valence-electron chi connectivity index (χ3n) is 3.87. The van der Waals surface area contributed by atoms with Gasteiger partial charge in [-0.25, -0.2) is 4.39 Å². The van der Waals surface area contributed by atoms with Gasteiger partial charge >= 0.3 is 0 Å². The molecule has 0 aromatic heterocycles. The third-order valence-corrected chi connectivity index (χ3v) is 3.87. The van der Waals surface area contributed by atoms with Crippen molar-refractivity contribution in [1.82, 2.24) is 5.32 Å². The number of anilines is 1. The number of nitrogens with one attached hydrogen (secondary N) is 1. The molecule has 2 rings (SSSR count). The van der Waals surface area contributed by atoms with Gasteiger partial charge in [0.05, 0.1) is 11.7 Å². The second kappa shape index (κ2) is 9.03. The average molecular weight is 329 g/mol. The fourth-order valence-electron chi connectivity index (χ4n) is 2.50. The summed E-state index contributed by atoms with van der Waals surface area (Å²) in [6.45, 7) is 1.16. The van der Waals surface area contributed by atoms with Crippen LogP contribution in [-0.2, 0) is 11.2 Å². The van der Waals surface area contributed by atoms with Crippen molar-refractivity contribution >= 4 is 11.6 Å². The van der Waals surface area contributed by atoms with E-state index in [2.05, 4.69) is 5.32 Å². The molecule has 4 nitrogen and oxygen atoms in total. The smallest absolute Gasteiger partial charge is 0.237 e. The number of nitrogens with two attached hydrogens (primary N) is 1. The first kappa shape index (κ1) is 17.9. The number of carbonyl (C=O) groups is 1. The topological polar surface area (TPSA) is 58.4 Å². The Hall–Kier alpha value is -2.40. The van der Waals surface area contributed by atoms with Crippen molar-refractivity contribution < 1.29 is 9.18 Å². The number of para-hydroxylation sites is 1. The highest BCUT2D eigenvalue weighted by Gasteiger charge is 2.13. The first-order valence-corrected chi connectivity index (χ1v) is 8.11. The molecule has 0 saturated carbocycles. The lowest BCUT2D eigenvalue weighted by Crippen LogP contribution is -2.42. The van der Waals surface area contributed by atoms with Crippen molar-refractivity contribution in [1.29, 1.82) is 0 Å². The van der Waals surface area contributed by atoms with Gasteiger partial charge in [0.1, 0.15) is 5.82 Å². The minimum absolute atomic E-state index is 0.160. The summed E-state index contributed by atoms with van der Waals surface area (Å²) in [5.74, 6) is -0.402. The molecule has 2 aromatic rings. The van der Waals surface area contributed by atoms with Gasteiger partial charge in [-0.05, 0) is 30.5 Å². The van der Waals surface area contributed by atoms with Gasteiger partial charge in [0.25, 0.3) is 0 Å². The molecule has 5 heteroatoms. The number of rotatable bonds is 8. The fraction of sp³-hybridized carbons (Fsp3) is 0.316. The lowest BCUT2D eigenvalue weighted by Gasteiger charge is -2.20. The van der Waals surface area contributed by atoms with E-state index in [1.54, 1.807) is 18.2 Å². The van der Waals surface area contributed by atoms with Crippen LogP contribution in [0.1, 0.15) is 12.0 Å². The Morgan fingerprint density at radius 2 is 1.83 bits per heavy atom. The zero-order valence-electron chi connectivity index (χ0n) is 13.9. The van der Waals surface area contributed by atoms with Crippen molar-refractivity contribution in [2.75, 3.05) is 25.0 Å². The Labute approximate surface area is 142 Å². The van der Waals surface area contributed by atoms with E-state index >= 15 is 0 Å². The van der Waals surface area contributed by atoms with Crippen molar-refractivity contribution in [2.24, 2.45) is 5.73 Å². The van der Waals surface area contributed by atoms with Gasteiger partial charge in [-0.15, -0.1) is 0 Å². The molecule has 0 radical (unpaired) electrons. The van der Waals surface area contributed by atoms with Crippen LogP contribution in [-0.4, -0.2) is 32.1 Å². The van der Waals surface area contributed by atoms with E-state index < -0.39 is 6.04 Å². The lowest BCUT2D eigenvalue weighted by molar-refractivity contribution is -0.122. The van der Waals surface area contributed by atoms with Crippen LogP contribution in [0.2, 0.25) is 0 Å². The third kappa shape index (κ3) is 5.35. The monoisotopic (exact) mass is 329 g/mol. The highest BCUT2D eigenvalue weighted by Crippen LogP contribution is 2.16. The van der Waals surface area contributed by atoms with Crippen LogP contribution < -0.4 is 16.0 Å². The highest BCUT2D eigenvalue weighted by atomic mass is 19.1. The molecule has 1 unspecified atom stereocenters. The van der Waals surface area contributed by atoms with Crippen LogP contribution in [0.15, 0.2) is 54.6 Å². The fourth-order valence-corrected chi connectivity index (χ4v) is 2.50. The van der Waals surface area contributed by atoms with E-state index in [1.807, 2.05) is 42.3 Å². The first-order chi connectivity index (χ1) is 11.6. The van der Waals surface area contributed by atoms with Gasteiger partial charge in [-0.2, -0.15) is 0 Å². The molecule has 0 aliphatic rings. The van der Waals surface area contributed by atoms with E-state index in [4.69, 9.17) is 5.73 Å².